The van der Waals surface area contributed by atoms with Gasteiger partial charge in [0, 0.05) is 24.1 Å². The van der Waals surface area contributed by atoms with Gasteiger partial charge in [0.05, 0.1) is 17.9 Å². The van der Waals surface area contributed by atoms with E-state index in [2.05, 4.69) is 35.0 Å². The van der Waals surface area contributed by atoms with Crippen LogP contribution in [-0.2, 0) is 14.9 Å². The predicted molar refractivity (Wildman–Crippen MR) is 167 cm³/mol. The number of phenols is 2. The van der Waals surface area contributed by atoms with Crippen LogP contribution in [0.4, 0.5) is 17.1 Å². The Morgan fingerprint density at radius 1 is 0.833 bits per heavy atom. The largest absolute Gasteiger partial charge is 0.508 e. The van der Waals surface area contributed by atoms with Gasteiger partial charge in [-0.3, -0.25) is 4.79 Å². The summed E-state index contributed by atoms with van der Waals surface area (Å²) in [5, 5.41) is 28.3. The third kappa shape index (κ3) is 7.75. The fourth-order valence-electron chi connectivity index (χ4n) is 4.95. The highest BCUT2D eigenvalue weighted by atomic mass is 16.5. The summed E-state index contributed by atoms with van der Waals surface area (Å²) in [5.74, 6) is 0.101. The normalized spacial score (nSPS) is 11.5. The molecule has 0 saturated heterocycles. The van der Waals surface area contributed by atoms with E-state index < -0.39 is 5.41 Å². The Bertz CT molecular complexity index is 1450. The average molecular weight is 566 g/mol. The summed E-state index contributed by atoms with van der Waals surface area (Å²) >= 11 is 0. The van der Waals surface area contributed by atoms with E-state index in [1.165, 1.54) is 5.56 Å². The summed E-state index contributed by atoms with van der Waals surface area (Å²) < 4.78 is 5.66. The first kappa shape index (κ1) is 30.3. The lowest BCUT2D eigenvalue weighted by Gasteiger charge is -2.31. The number of rotatable bonds is 12. The number of aryl methyl sites for hydroxylation is 2. The van der Waals surface area contributed by atoms with Gasteiger partial charge < -0.3 is 19.8 Å². The van der Waals surface area contributed by atoms with Crippen LogP contribution < -0.4 is 4.90 Å². The summed E-state index contributed by atoms with van der Waals surface area (Å²) in [5.41, 5.74) is 6.28. The maximum atomic E-state index is 12.8. The van der Waals surface area contributed by atoms with Crippen molar-refractivity contribution in [1.82, 2.24) is 0 Å². The van der Waals surface area contributed by atoms with Crippen LogP contribution in [0.15, 0.2) is 101 Å². The number of carbonyl (C=O) groups excluding carboxylic acids is 1. The SMILES string of the molecule is CCN(CCOC(=O)CCC(C)(c1ccc(O)cc1)c1ccc(O)cc1)c1ccc(N=Nc2ccc(C)cc2)c(C)c1. The van der Waals surface area contributed by atoms with Crippen molar-refractivity contribution in [2.24, 2.45) is 10.2 Å². The fraction of sp³-hybridized carbons (Fsp3) is 0.286. The summed E-state index contributed by atoms with van der Waals surface area (Å²) in [7, 11) is 0. The van der Waals surface area contributed by atoms with Crippen molar-refractivity contribution >= 4 is 23.0 Å². The van der Waals surface area contributed by atoms with E-state index in [9.17, 15) is 15.0 Å². The van der Waals surface area contributed by atoms with Crippen LogP contribution in [-0.4, -0.2) is 35.9 Å². The Hall–Kier alpha value is -4.65. The van der Waals surface area contributed by atoms with Gasteiger partial charge in [-0.15, -0.1) is 0 Å². The Morgan fingerprint density at radius 3 is 1.98 bits per heavy atom. The van der Waals surface area contributed by atoms with Crippen LogP contribution in [0.2, 0.25) is 0 Å². The number of aromatic hydroxyl groups is 2. The number of hydrogen-bond donors (Lipinski definition) is 2. The third-order valence-corrected chi connectivity index (χ3v) is 7.70. The molecule has 0 aliphatic carbocycles. The van der Waals surface area contributed by atoms with Crippen molar-refractivity contribution < 1.29 is 19.7 Å². The number of anilines is 1. The molecule has 42 heavy (non-hydrogen) atoms. The minimum Gasteiger partial charge on any atom is -0.508 e. The molecule has 0 aliphatic heterocycles. The van der Waals surface area contributed by atoms with E-state index in [0.717, 1.165) is 40.3 Å². The second kappa shape index (κ2) is 13.8. The molecule has 0 atom stereocenters. The summed E-state index contributed by atoms with van der Waals surface area (Å²) in [6, 6.07) is 28.0. The first-order valence-electron chi connectivity index (χ1n) is 14.3. The maximum Gasteiger partial charge on any atom is 0.305 e. The molecule has 0 fully saturated rings. The number of ether oxygens (including phenoxy) is 1. The van der Waals surface area contributed by atoms with Crippen LogP contribution in [0.25, 0.3) is 0 Å². The van der Waals surface area contributed by atoms with Crippen LogP contribution in [0, 0.1) is 13.8 Å². The van der Waals surface area contributed by atoms with Gasteiger partial charge in [0.15, 0.2) is 0 Å². The second-order valence-electron chi connectivity index (χ2n) is 10.7. The summed E-state index contributed by atoms with van der Waals surface area (Å²) in [4.78, 5) is 15.0. The van der Waals surface area contributed by atoms with E-state index >= 15 is 0 Å². The molecule has 0 amide bonds. The Balaban J connectivity index is 1.34. The number of hydrogen-bond acceptors (Lipinski definition) is 7. The number of likely N-dealkylation sites (N-methyl/N-ethyl adjacent to an activating group) is 1. The molecule has 4 aromatic rings. The molecule has 0 heterocycles. The highest BCUT2D eigenvalue weighted by molar-refractivity contribution is 5.70. The zero-order valence-corrected chi connectivity index (χ0v) is 24.7. The highest BCUT2D eigenvalue weighted by Crippen LogP contribution is 2.38. The van der Waals surface area contributed by atoms with Gasteiger partial charge in [0.2, 0.25) is 0 Å². The average Bonchev–Trinajstić information content (AvgIpc) is 2.99. The molecule has 4 rings (SSSR count). The van der Waals surface area contributed by atoms with E-state index in [-0.39, 0.29) is 30.5 Å². The van der Waals surface area contributed by atoms with Crippen molar-refractivity contribution in [3.63, 3.8) is 0 Å². The zero-order chi connectivity index (χ0) is 30.1. The molecule has 0 aliphatic rings. The lowest BCUT2D eigenvalue weighted by Crippen LogP contribution is -2.29. The Kier molecular flexibility index (Phi) is 9.97. The molecule has 0 saturated carbocycles. The van der Waals surface area contributed by atoms with Crippen molar-refractivity contribution in [2.45, 2.75) is 46.0 Å². The Labute approximate surface area is 248 Å². The number of carbonyl (C=O) groups is 1. The van der Waals surface area contributed by atoms with Gasteiger partial charge in [-0.2, -0.15) is 10.2 Å². The number of nitrogens with zero attached hydrogens (tertiary/aromatic N) is 3. The molecule has 0 spiro atoms. The van der Waals surface area contributed by atoms with Crippen molar-refractivity contribution in [3.05, 3.63) is 113 Å². The van der Waals surface area contributed by atoms with E-state index in [0.29, 0.717) is 13.0 Å². The number of esters is 1. The van der Waals surface area contributed by atoms with Gasteiger partial charge in [-0.05, 0) is 98.5 Å². The van der Waals surface area contributed by atoms with E-state index in [1.54, 1.807) is 24.3 Å². The smallest absolute Gasteiger partial charge is 0.305 e. The molecular formula is C35H39N3O4. The molecular weight excluding hydrogens is 526 g/mol. The fourth-order valence-corrected chi connectivity index (χ4v) is 4.95. The monoisotopic (exact) mass is 565 g/mol. The van der Waals surface area contributed by atoms with Crippen molar-refractivity contribution in [3.8, 4) is 11.5 Å². The van der Waals surface area contributed by atoms with E-state index in [1.807, 2.05) is 74.5 Å². The standard InChI is InChI=1S/C35H39N3O4/c1-5-38(30-14-19-33(26(3)24-30)37-36-29-12-6-25(2)7-13-29)22-23-42-34(41)20-21-35(4,27-8-15-31(39)16-9-27)28-10-17-32(40)18-11-28/h6-19,24,39-40H,5,20-23H2,1-4H3. The molecule has 218 valence electrons. The Morgan fingerprint density at radius 2 is 1.43 bits per heavy atom. The van der Waals surface area contributed by atoms with Crippen LogP contribution >= 0.6 is 0 Å². The summed E-state index contributed by atoms with van der Waals surface area (Å²) in [6.45, 7) is 9.79. The molecule has 0 radical (unpaired) electrons. The lowest BCUT2D eigenvalue weighted by molar-refractivity contribution is -0.143. The number of azo groups is 1. The summed E-state index contributed by atoms with van der Waals surface area (Å²) in [6.07, 6.45) is 0.737. The third-order valence-electron chi connectivity index (χ3n) is 7.70. The molecule has 2 N–H and O–H groups in total. The first-order valence-corrected chi connectivity index (χ1v) is 14.3. The lowest BCUT2D eigenvalue weighted by atomic mass is 9.73. The van der Waals surface area contributed by atoms with Crippen molar-refractivity contribution in [2.75, 3.05) is 24.6 Å². The zero-order valence-electron chi connectivity index (χ0n) is 24.7. The van der Waals surface area contributed by atoms with Gasteiger partial charge >= 0.3 is 5.97 Å². The van der Waals surface area contributed by atoms with Gasteiger partial charge in [0.25, 0.3) is 0 Å². The maximum absolute atomic E-state index is 12.8. The molecule has 0 unspecified atom stereocenters. The van der Waals surface area contributed by atoms with Crippen LogP contribution in [0.1, 0.15) is 48.9 Å². The van der Waals surface area contributed by atoms with Gasteiger partial charge in [-0.25, -0.2) is 0 Å². The molecule has 0 bridgehead atoms. The minimum atomic E-state index is -0.508. The van der Waals surface area contributed by atoms with Crippen molar-refractivity contribution in [1.29, 1.82) is 0 Å². The second-order valence-corrected chi connectivity index (χ2v) is 10.7. The molecule has 7 nitrogen and oxygen atoms in total. The highest BCUT2D eigenvalue weighted by Gasteiger charge is 2.30. The van der Waals surface area contributed by atoms with Gasteiger partial charge in [-0.1, -0.05) is 48.9 Å². The molecule has 4 aromatic carbocycles. The molecule has 0 aromatic heterocycles. The van der Waals surface area contributed by atoms with Gasteiger partial charge in [0.1, 0.15) is 18.1 Å². The quantitative estimate of drug-likeness (QED) is 0.133. The number of benzene rings is 4. The molecule has 7 heteroatoms. The van der Waals surface area contributed by atoms with Crippen LogP contribution in [0.5, 0.6) is 11.5 Å². The number of phenolic OH excluding ortho intramolecular Hbond substituents is 2. The topological polar surface area (TPSA) is 94.7 Å². The van der Waals surface area contributed by atoms with Crippen LogP contribution in [0.3, 0.4) is 0 Å². The van der Waals surface area contributed by atoms with E-state index in [4.69, 9.17) is 4.74 Å². The predicted octanol–water partition coefficient (Wildman–Crippen LogP) is 8.29. The minimum absolute atomic E-state index is 0.183. The first-order chi connectivity index (χ1) is 20.2.